The third kappa shape index (κ3) is 5.02. The lowest BCUT2D eigenvalue weighted by Crippen LogP contribution is -2.49. The molecule has 0 bridgehead atoms. The van der Waals surface area contributed by atoms with Crippen LogP contribution in [0.15, 0.2) is 29.2 Å². The zero-order valence-electron chi connectivity index (χ0n) is 12.8. The summed E-state index contributed by atoms with van der Waals surface area (Å²) in [5.74, 6) is -0.162. The zero-order chi connectivity index (χ0) is 15.2. The highest BCUT2D eigenvalue weighted by atomic mass is 32.2. The molecular weight excluding hydrogens is 284 g/mol. The van der Waals surface area contributed by atoms with Gasteiger partial charge in [-0.05, 0) is 17.7 Å². The molecule has 4 nitrogen and oxygen atoms in total. The van der Waals surface area contributed by atoms with Gasteiger partial charge in [-0.1, -0.05) is 26.0 Å². The van der Waals surface area contributed by atoms with Crippen LogP contribution in [0.5, 0.6) is 0 Å². The number of benzene rings is 1. The van der Waals surface area contributed by atoms with Crippen molar-refractivity contribution in [2.24, 2.45) is 0 Å². The van der Waals surface area contributed by atoms with Crippen molar-refractivity contribution in [3.8, 4) is 0 Å². The second kappa shape index (κ2) is 7.82. The molecule has 0 aromatic heterocycles. The Morgan fingerprint density at radius 3 is 2.33 bits per heavy atom. The molecule has 0 saturated carbocycles. The van der Waals surface area contributed by atoms with E-state index in [9.17, 15) is 4.79 Å². The van der Waals surface area contributed by atoms with Gasteiger partial charge in [-0.25, -0.2) is 0 Å². The number of aliphatic hydroxyl groups is 1. The Morgan fingerprint density at radius 2 is 1.81 bits per heavy atom. The number of amides is 1. The SMILES string of the molecule is CC(C)Sc1ccc(CN2CCN(C(=O)CO)CC2)cc1. The Bertz CT molecular complexity index is 454. The Kier molecular flexibility index (Phi) is 6.08. The fourth-order valence-corrected chi connectivity index (χ4v) is 3.30. The topological polar surface area (TPSA) is 43.8 Å². The van der Waals surface area contributed by atoms with Crippen molar-refractivity contribution in [3.05, 3.63) is 29.8 Å². The van der Waals surface area contributed by atoms with Crippen LogP contribution >= 0.6 is 11.8 Å². The van der Waals surface area contributed by atoms with Crippen LogP contribution in [0.1, 0.15) is 19.4 Å². The molecule has 0 unspecified atom stereocenters. The Labute approximate surface area is 131 Å². The predicted molar refractivity (Wildman–Crippen MR) is 86.4 cm³/mol. The molecule has 1 saturated heterocycles. The van der Waals surface area contributed by atoms with Crippen molar-refractivity contribution in [3.63, 3.8) is 0 Å². The summed E-state index contributed by atoms with van der Waals surface area (Å²) in [6.45, 7) is 8.10. The lowest BCUT2D eigenvalue weighted by atomic mass is 10.2. The molecule has 1 fully saturated rings. The van der Waals surface area contributed by atoms with Crippen LogP contribution in [0.25, 0.3) is 0 Å². The molecule has 116 valence electrons. The van der Waals surface area contributed by atoms with Crippen molar-refractivity contribution in [1.29, 1.82) is 0 Å². The van der Waals surface area contributed by atoms with Gasteiger partial charge in [-0.15, -0.1) is 11.8 Å². The number of carbonyl (C=O) groups excluding carboxylic acids is 1. The summed E-state index contributed by atoms with van der Waals surface area (Å²) >= 11 is 1.88. The minimum atomic E-state index is -0.380. The second-order valence-electron chi connectivity index (χ2n) is 5.63. The first-order chi connectivity index (χ1) is 10.1. The van der Waals surface area contributed by atoms with E-state index in [0.717, 1.165) is 19.6 Å². The summed E-state index contributed by atoms with van der Waals surface area (Å²) in [7, 11) is 0. The fraction of sp³-hybridized carbons (Fsp3) is 0.562. The minimum absolute atomic E-state index is 0.162. The van der Waals surface area contributed by atoms with E-state index in [1.165, 1.54) is 10.5 Å². The highest BCUT2D eigenvalue weighted by Crippen LogP contribution is 2.23. The van der Waals surface area contributed by atoms with Crippen molar-refractivity contribution in [2.75, 3.05) is 32.8 Å². The number of carbonyl (C=O) groups is 1. The van der Waals surface area contributed by atoms with Crippen LogP contribution in [-0.4, -0.2) is 58.8 Å². The molecular formula is C16H24N2O2S. The molecule has 1 amide bonds. The molecule has 1 N–H and O–H groups in total. The number of aliphatic hydroxyl groups excluding tert-OH is 1. The minimum Gasteiger partial charge on any atom is -0.387 e. The molecule has 2 rings (SSSR count). The summed E-state index contributed by atoms with van der Waals surface area (Å²) < 4.78 is 0. The van der Waals surface area contributed by atoms with Gasteiger partial charge in [-0.3, -0.25) is 9.69 Å². The van der Waals surface area contributed by atoms with E-state index in [1.54, 1.807) is 4.90 Å². The van der Waals surface area contributed by atoms with Crippen LogP contribution in [0.4, 0.5) is 0 Å². The first-order valence-electron chi connectivity index (χ1n) is 7.45. The molecule has 1 aromatic carbocycles. The van der Waals surface area contributed by atoms with Gasteiger partial charge in [0.1, 0.15) is 6.61 Å². The van der Waals surface area contributed by atoms with Gasteiger partial charge in [0.15, 0.2) is 0 Å². The second-order valence-corrected chi connectivity index (χ2v) is 7.28. The summed E-state index contributed by atoms with van der Waals surface area (Å²) in [6.07, 6.45) is 0. The number of nitrogens with zero attached hydrogens (tertiary/aromatic N) is 2. The highest BCUT2D eigenvalue weighted by molar-refractivity contribution is 7.99. The van der Waals surface area contributed by atoms with Gasteiger partial charge < -0.3 is 10.0 Å². The smallest absolute Gasteiger partial charge is 0.248 e. The van der Waals surface area contributed by atoms with Crippen LogP contribution in [-0.2, 0) is 11.3 Å². The van der Waals surface area contributed by atoms with E-state index < -0.39 is 0 Å². The summed E-state index contributed by atoms with van der Waals surface area (Å²) in [4.78, 5) is 16.8. The van der Waals surface area contributed by atoms with Crippen molar-refractivity contribution < 1.29 is 9.90 Å². The van der Waals surface area contributed by atoms with Crippen LogP contribution < -0.4 is 0 Å². The zero-order valence-corrected chi connectivity index (χ0v) is 13.6. The molecule has 5 heteroatoms. The third-order valence-electron chi connectivity index (χ3n) is 3.56. The first-order valence-corrected chi connectivity index (χ1v) is 8.33. The van der Waals surface area contributed by atoms with Crippen LogP contribution in [0.2, 0.25) is 0 Å². The van der Waals surface area contributed by atoms with Gasteiger partial charge in [0.05, 0.1) is 0 Å². The predicted octanol–water partition coefficient (Wildman–Crippen LogP) is 1.82. The molecule has 1 aliphatic heterocycles. The van der Waals surface area contributed by atoms with E-state index >= 15 is 0 Å². The Morgan fingerprint density at radius 1 is 1.19 bits per heavy atom. The molecule has 1 aliphatic rings. The molecule has 0 radical (unpaired) electrons. The standard InChI is InChI=1S/C16H24N2O2S/c1-13(2)21-15-5-3-14(4-6-15)11-17-7-9-18(10-8-17)16(20)12-19/h3-6,13,19H,7-12H2,1-2H3. The average Bonchev–Trinajstić information content (AvgIpc) is 2.49. The number of thioether (sulfide) groups is 1. The lowest BCUT2D eigenvalue weighted by molar-refractivity contribution is -0.135. The van der Waals surface area contributed by atoms with E-state index in [0.29, 0.717) is 18.3 Å². The van der Waals surface area contributed by atoms with E-state index in [-0.39, 0.29) is 12.5 Å². The maximum Gasteiger partial charge on any atom is 0.248 e. The first kappa shape index (κ1) is 16.3. The number of rotatable bonds is 5. The largest absolute Gasteiger partial charge is 0.387 e. The average molecular weight is 308 g/mol. The fourth-order valence-electron chi connectivity index (χ4n) is 2.46. The summed E-state index contributed by atoms with van der Waals surface area (Å²) in [5.41, 5.74) is 1.31. The number of hydrogen-bond acceptors (Lipinski definition) is 4. The third-order valence-corrected chi connectivity index (χ3v) is 4.58. The Hall–Kier alpha value is -1.04. The quantitative estimate of drug-likeness (QED) is 0.843. The van der Waals surface area contributed by atoms with Crippen molar-refractivity contribution in [2.45, 2.75) is 30.5 Å². The van der Waals surface area contributed by atoms with Gasteiger partial charge >= 0.3 is 0 Å². The monoisotopic (exact) mass is 308 g/mol. The van der Waals surface area contributed by atoms with Gasteiger partial charge in [-0.2, -0.15) is 0 Å². The van der Waals surface area contributed by atoms with E-state index in [1.807, 2.05) is 11.8 Å². The molecule has 0 atom stereocenters. The Balaban J connectivity index is 1.82. The van der Waals surface area contributed by atoms with Crippen molar-refractivity contribution in [1.82, 2.24) is 9.80 Å². The lowest BCUT2D eigenvalue weighted by Gasteiger charge is -2.34. The maximum absolute atomic E-state index is 11.4. The van der Waals surface area contributed by atoms with E-state index in [4.69, 9.17) is 5.11 Å². The summed E-state index contributed by atoms with van der Waals surface area (Å²) in [6, 6.07) is 8.75. The molecule has 21 heavy (non-hydrogen) atoms. The van der Waals surface area contributed by atoms with E-state index in [2.05, 4.69) is 43.0 Å². The molecule has 0 spiro atoms. The van der Waals surface area contributed by atoms with Gasteiger partial charge in [0, 0.05) is 42.9 Å². The summed E-state index contributed by atoms with van der Waals surface area (Å²) in [5, 5.41) is 9.47. The number of piperazine rings is 1. The molecule has 1 heterocycles. The molecule has 1 aromatic rings. The van der Waals surface area contributed by atoms with Crippen molar-refractivity contribution >= 4 is 17.7 Å². The normalized spacial score (nSPS) is 16.5. The van der Waals surface area contributed by atoms with Gasteiger partial charge in [0.25, 0.3) is 0 Å². The maximum atomic E-state index is 11.4. The van der Waals surface area contributed by atoms with Crippen LogP contribution in [0, 0.1) is 0 Å². The van der Waals surface area contributed by atoms with Crippen LogP contribution in [0.3, 0.4) is 0 Å². The molecule has 0 aliphatic carbocycles. The van der Waals surface area contributed by atoms with Gasteiger partial charge in [0.2, 0.25) is 5.91 Å². The highest BCUT2D eigenvalue weighted by Gasteiger charge is 2.20. The number of hydrogen-bond donors (Lipinski definition) is 1.